The van der Waals surface area contributed by atoms with Crippen LogP contribution in [0, 0.1) is 0 Å². The van der Waals surface area contributed by atoms with E-state index in [0.29, 0.717) is 21.4 Å². The van der Waals surface area contributed by atoms with Crippen LogP contribution in [0.2, 0.25) is 15.2 Å². The van der Waals surface area contributed by atoms with Gasteiger partial charge in [-0.25, -0.2) is 4.98 Å². The van der Waals surface area contributed by atoms with E-state index in [1.54, 1.807) is 16.7 Å². The molecule has 2 aromatic rings. The molecular weight excluding hydrogens is 314 g/mol. The fourth-order valence-electron chi connectivity index (χ4n) is 2.13. The summed E-state index contributed by atoms with van der Waals surface area (Å²) in [4.78, 5) is 4.13. The molecule has 3 rings (SSSR count). The van der Waals surface area contributed by atoms with Gasteiger partial charge in [0.1, 0.15) is 24.0 Å². The molecule has 2 N–H and O–H groups in total. The molecule has 2 aromatic heterocycles. The average Bonchev–Trinajstić information content (AvgIpc) is 2.82. The summed E-state index contributed by atoms with van der Waals surface area (Å²) in [6.45, 7) is 0.0384. The maximum Gasteiger partial charge on any atom is 0.154 e. The summed E-state index contributed by atoms with van der Waals surface area (Å²) in [6.07, 6.45) is -1.22. The predicted octanol–water partition coefficient (Wildman–Crippen LogP) is 2.09. The van der Waals surface area contributed by atoms with E-state index in [4.69, 9.17) is 39.5 Å². The second kappa shape index (κ2) is 4.77. The topological polar surface area (TPSA) is 67.0 Å². The quantitative estimate of drug-likeness (QED) is 0.843. The fraction of sp³-hybridized carbons (Fsp3) is 0.364. The van der Waals surface area contributed by atoms with Crippen LogP contribution in [0.4, 0.5) is 0 Å². The smallest absolute Gasteiger partial charge is 0.154 e. The van der Waals surface area contributed by atoms with Crippen molar-refractivity contribution in [2.24, 2.45) is 0 Å². The van der Waals surface area contributed by atoms with Gasteiger partial charge in [0.15, 0.2) is 5.15 Å². The number of hydrogen-bond donors (Lipinski definition) is 2. The van der Waals surface area contributed by atoms with Gasteiger partial charge in [-0.15, -0.1) is 0 Å². The number of ether oxygens (including phenoxy) is 1. The van der Waals surface area contributed by atoms with E-state index >= 15 is 0 Å². The molecule has 0 spiro atoms. The maximum atomic E-state index is 9.90. The highest BCUT2D eigenvalue weighted by Gasteiger charge is 2.39. The van der Waals surface area contributed by atoms with Crippen molar-refractivity contribution in [1.82, 2.24) is 9.38 Å². The van der Waals surface area contributed by atoms with Crippen molar-refractivity contribution in [2.75, 3.05) is 6.61 Å². The third-order valence-electron chi connectivity index (χ3n) is 3.08. The summed E-state index contributed by atoms with van der Waals surface area (Å²) in [6, 6.07) is 1.57. The number of pyridine rings is 1. The Morgan fingerprint density at radius 1 is 1.26 bits per heavy atom. The van der Waals surface area contributed by atoms with Crippen LogP contribution in [-0.2, 0) is 4.74 Å². The van der Waals surface area contributed by atoms with Crippen LogP contribution in [0.25, 0.3) is 5.65 Å². The van der Waals surface area contributed by atoms with Crippen molar-refractivity contribution in [3.63, 3.8) is 0 Å². The second-order valence-electron chi connectivity index (χ2n) is 4.30. The molecule has 5 nitrogen and oxygen atoms in total. The molecule has 0 amide bonds. The minimum atomic E-state index is -1.06. The summed E-state index contributed by atoms with van der Waals surface area (Å²) in [5.74, 6) is 0. The highest BCUT2D eigenvalue weighted by atomic mass is 35.5. The molecule has 1 fully saturated rings. The van der Waals surface area contributed by atoms with Crippen LogP contribution in [0.5, 0.6) is 0 Å². The number of halogens is 3. The highest BCUT2D eigenvalue weighted by molar-refractivity contribution is 6.42. The largest absolute Gasteiger partial charge is 0.388 e. The van der Waals surface area contributed by atoms with Crippen LogP contribution in [0.3, 0.4) is 0 Å². The lowest BCUT2D eigenvalue weighted by atomic mass is 10.1. The minimum Gasteiger partial charge on any atom is -0.388 e. The molecule has 0 unspecified atom stereocenters. The van der Waals surface area contributed by atoms with Crippen molar-refractivity contribution in [2.45, 2.75) is 18.3 Å². The second-order valence-corrected chi connectivity index (χ2v) is 5.47. The minimum absolute atomic E-state index is 0.0384. The van der Waals surface area contributed by atoms with Crippen molar-refractivity contribution in [3.05, 3.63) is 33.2 Å². The summed E-state index contributed by atoms with van der Waals surface area (Å²) >= 11 is 18.0. The Bertz CT molecular complexity index is 646. The van der Waals surface area contributed by atoms with E-state index in [9.17, 15) is 10.2 Å². The third kappa shape index (κ3) is 2.11. The van der Waals surface area contributed by atoms with Crippen molar-refractivity contribution in [1.29, 1.82) is 0 Å². The van der Waals surface area contributed by atoms with E-state index < -0.39 is 18.3 Å². The predicted molar refractivity (Wildman–Crippen MR) is 70.9 cm³/mol. The van der Waals surface area contributed by atoms with E-state index in [2.05, 4.69) is 4.98 Å². The third-order valence-corrected chi connectivity index (χ3v) is 4.07. The molecule has 0 bridgehead atoms. The number of imidazole rings is 1. The van der Waals surface area contributed by atoms with Crippen LogP contribution in [0.1, 0.15) is 11.8 Å². The van der Waals surface area contributed by atoms with Crippen molar-refractivity contribution >= 4 is 40.4 Å². The van der Waals surface area contributed by atoms with Gasteiger partial charge in [-0.2, -0.15) is 0 Å². The van der Waals surface area contributed by atoms with Gasteiger partial charge >= 0.3 is 0 Å². The SMILES string of the molecule is O[C@H]1[C@@H](O)CO[C@H]1c1c(Cl)nc2cc(Cl)c(Cl)cn12. The first-order valence-electron chi connectivity index (χ1n) is 5.49. The molecular formula is C11H9Cl3N2O3. The number of aromatic nitrogens is 2. The average molecular weight is 324 g/mol. The Morgan fingerprint density at radius 2 is 2.00 bits per heavy atom. The number of fused-ring (bicyclic) bond motifs is 1. The standard InChI is InChI=1S/C11H9Cl3N2O3/c12-4-1-7-15-11(14)8(16(7)2-5(4)13)10-9(18)6(17)3-19-10/h1-2,6,9-10,17-18H,3H2/t6-,9-,10-/m0/s1. The zero-order valence-corrected chi connectivity index (χ0v) is 11.7. The van der Waals surface area contributed by atoms with Crippen molar-refractivity contribution in [3.8, 4) is 0 Å². The van der Waals surface area contributed by atoms with E-state index in [1.807, 2.05) is 0 Å². The van der Waals surface area contributed by atoms with Gasteiger partial charge in [0.2, 0.25) is 0 Å². The van der Waals surface area contributed by atoms with Crippen molar-refractivity contribution < 1.29 is 14.9 Å². The number of aliphatic hydroxyl groups excluding tert-OH is 2. The summed E-state index contributed by atoms with van der Waals surface area (Å²) < 4.78 is 6.96. The molecule has 3 heterocycles. The molecule has 0 aliphatic carbocycles. The molecule has 0 saturated carbocycles. The first-order chi connectivity index (χ1) is 8.99. The highest BCUT2D eigenvalue weighted by Crippen LogP contribution is 2.35. The number of aliphatic hydroxyl groups is 2. The van der Waals surface area contributed by atoms with Gasteiger partial charge in [0.25, 0.3) is 0 Å². The summed E-state index contributed by atoms with van der Waals surface area (Å²) in [5.41, 5.74) is 0.936. The number of rotatable bonds is 1. The molecule has 102 valence electrons. The summed E-state index contributed by atoms with van der Waals surface area (Å²) in [5, 5.41) is 20.3. The molecule has 0 radical (unpaired) electrons. The van der Waals surface area contributed by atoms with Gasteiger partial charge in [-0.3, -0.25) is 4.40 Å². The van der Waals surface area contributed by atoms with Crippen LogP contribution in [0.15, 0.2) is 12.3 Å². The fourth-order valence-corrected chi connectivity index (χ4v) is 2.71. The molecule has 8 heteroatoms. The Labute approximate surface area is 123 Å². The van der Waals surface area contributed by atoms with Crippen LogP contribution >= 0.6 is 34.8 Å². The Balaban J connectivity index is 2.18. The van der Waals surface area contributed by atoms with Gasteiger partial charge < -0.3 is 14.9 Å². The van der Waals surface area contributed by atoms with Crippen LogP contribution < -0.4 is 0 Å². The van der Waals surface area contributed by atoms with Gasteiger partial charge in [-0.05, 0) is 0 Å². The maximum absolute atomic E-state index is 9.90. The molecule has 3 atom stereocenters. The van der Waals surface area contributed by atoms with E-state index in [1.165, 1.54) is 0 Å². The lowest BCUT2D eigenvalue weighted by Crippen LogP contribution is -2.25. The van der Waals surface area contributed by atoms with Gasteiger partial charge in [0.05, 0.1) is 22.3 Å². The molecule has 0 aromatic carbocycles. The van der Waals surface area contributed by atoms with Gasteiger partial charge in [0, 0.05) is 12.3 Å². The molecule has 1 aliphatic heterocycles. The van der Waals surface area contributed by atoms with E-state index in [-0.39, 0.29) is 11.8 Å². The molecule has 1 saturated heterocycles. The molecule has 19 heavy (non-hydrogen) atoms. The lowest BCUT2D eigenvalue weighted by molar-refractivity contribution is 0.0202. The monoisotopic (exact) mass is 322 g/mol. The summed E-state index contributed by atoms with van der Waals surface area (Å²) in [7, 11) is 0. The normalized spacial score (nSPS) is 27.3. The Kier molecular flexibility index (Phi) is 3.37. The Morgan fingerprint density at radius 3 is 2.63 bits per heavy atom. The van der Waals surface area contributed by atoms with Crippen LogP contribution in [-0.4, -0.2) is 38.4 Å². The molecule has 1 aliphatic rings. The number of hydrogen-bond acceptors (Lipinski definition) is 4. The first kappa shape index (κ1) is 13.4. The number of nitrogens with zero attached hydrogens (tertiary/aromatic N) is 2. The zero-order valence-electron chi connectivity index (χ0n) is 9.42. The lowest BCUT2D eigenvalue weighted by Gasteiger charge is -2.15. The van der Waals surface area contributed by atoms with Gasteiger partial charge in [-0.1, -0.05) is 34.8 Å². The van der Waals surface area contributed by atoms with E-state index in [0.717, 1.165) is 0 Å². The Hall–Kier alpha value is -0.560. The first-order valence-corrected chi connectivity index (χ1v) is 6.62. The zero-order chi connectivity index (χ0) is 13.7.